The predicted molar refractivity (Wildman–Crippen MR) is 109 cm³/mol. The van der Waals surface area contributed by atoms with E-state index in [0.717, 1.165) is 55.5 Å². The van der Waals surface area contributed by atoms with Crippen LogP contribution < -0.4 is 20.4 Å². The number of carbonyl (C=O) groups is 2. The number of benzene rings is 2. The Balaban J connectivity index is 1.66. The van der Waals surface area contributed by atoms with Gasteiger partial charge in [-0.1, -0.05) is 29.8 Å². The number of rotatable bonds is 5. The lowest BCUT2D eigenvalue weighted by Gasteiger charge is -2.33. The molecule has 1 aliphatic rings. The van der Waals surface area contributed by atoms with Gasteiger partial charge in [-0.3, -0.25) is 9.59 Å². The maximum Gasteiger partial charge on any atom is 0.313 e. The summed E-state index contributed by atoms with van der Waals surface area (Å²) in [7, 11) is 2.16. The first kappa shape index (κ1) is 21.9. The average Bonchev–Trinajstić information content (AvgIpc) is 2.73. The zero-order valence-corrected chi connectivity index (χ0v) is 17.2. The van der Waals surface area contributed by atoms with Gasteiger partial charge in [-0.25, -0.2) is 8.78 Å². The van der Waals surface area contributed by atoms with Gasteiger partial charge in [0.2, 0.25) is 0 Å². The third-order valence-corrected chi connectivity index (χ3v) is 5.57. The molecule has 1 heterocycles. The monoisotopic (exact) mass is 418 g/mol. The van der Waals surface area contributed by atoms with Gasteiger partial charge in [0.1, 0.15) is 43.9 Å². The maximum absolute atomic E-state index is 13.7. The van der Waals surface area contributed by atoms with E-state index < -0.39 is 23.4 Å². The molecule has 6 nitrogen and oxygen atoms in total. The Kier molecular flexibility index (Phi) is 7.12. The summed E-state index contributed by atoms with van der Waals surface area (Å²) in [4.78, 5) is 27.3. The number of aryl methyl sites for hydroxylation is 1. The second-order valence-electron chi connectivity index (χ2n) is 7.87. The summed E-state index contributed by atoms with van der Waals surface area (Å²) >= 11 is 0. The molecule has 4 N–H and O–H groups in total. The molecule has 1 atom stereocenters. The minimum absolute atomic E-state index is 0.00126. The average molecular weight is 418 g/mol. The second-order valence-corrected chi connectivity index (χ2v) is 7.87. The molecule has 0 aromatic heterocycles. The Bertz CT molecular complexity index is 897. The van der Waals surface area contributed by atoms with Crippen LogP contribution in [-0.2, 0) is 9.59 Å². The fourth-order valence-corrected chi connectivity index (χ4v) is 3.69. The van der Waals surface area contributed by atoms with E-state index in [1.165, 1.54) is 9.80 Å². The van der Waals surface area contributed by atoms with E-state index >= 15 is 0 Å². The lowest BCUT2D eigenvalue weighted by Crippen LogP contribution is -3.27. The van der Waals surface area contributed by atoms with Crippen LogP contribution in [0.25, 0.3) is 0 Å². The molecular weight excluding hydrogens is 390 g/mol. The van der Waals surface area contributed by atoms with Gasteiger partial charge in [0.05, 0.1) is 19.3 Å². The standard InChI is InChI=1S/C22H26F2N4O2/c1-15-3-5-16(6-4-15)20(28-11-9-27(2)10-12-28)14-25-21(29)22(30)26-19-13-17(23)7-8-18(19)24/h3-8,13,20H,9-12,14H2,1-2H3,(H,25,29)(H,26,30)/p+2/t20-/m0/s1. The minimum Gasteiger partial charge on any atom is -0.341 e. The van der Waals surface area contributed by atoms with Crippen LogP contribution in [0, 0.1) is 18.6 Å². The molecule has 2 amide bonds. The third kappa shape index (κ3) is 5.61. The van der Waals surface area contributed by atoms with Crippen LogP contribution in [-0.4, -0.2) is 51.6 Å². The summed E-state index contributed by atoms with van der Waals surface area (Å²) in [6.45, 7) is 6.27. The zero-order valence-electron chi connectivity index (χ0n) is 17.2. The molecule has 0 aliphatic carbocycles. The topological polar surface area (TPSA) is 67.1 Å². The van der Waals surface area contributed by atoms with Crippen LogP contribution in [0.15, 0.2) is 42.5 Å². The lowest BCUT2D eigenvalue weighted by atomic mass is 10.0. The van der Waals surface area contributed by atoms with Crippen molar-refractivity contribution in [1.82, 2.24) is 5.32 Å². The first-order valence-corrected chi connectivity index (χ1v) is 10.1. The van der Waals surface area contributed by atoms with Crippen molar-refractivity contribution in [3.8, 4) is 0 Å². The molecule has 2 aromatic rings. The molecule has 3 rings (SSSR count). The van der Waals surface area contributed by atoms with Gasteiger partial charge in [-0.05, 0) is 19.1 Å². The zero-order chi connectivity index (χ0) is 21.7. The van der Waals surface area contributed by atoms with E-state index in [-0.39, 0.29) is 18.3 Å². The first-order valence-electron chi connectivity index (χ1n) is 10.1. The number of likely N-dealkylation sites (N-methyl/N-ethyl adjacent to an activating group) is 1. The summed E-state index contributed by atoms with van der Waals surface area (Å²) in [5.41, 5.74) is 1.88. The Morgan fingerprint density at radius 2 is 1.67 bits per heavy atom. The summed E-state index contributed by atoms with van der Waals surface area (Å²) in [6.07, 6.45) is 0. The molecule has 160 valence electrons. The molecule has 2 aromatic carbocycles. The van der Waals surface area contributed by atoms with Gasteiger partial charge in [-0.15, -0.1) is 0 Å². The van der Waals surface area contributed by atoms with Crippen molar-refractivity contribution in [3.63, 3.8) is 0 Å². The highest BCUT2D eigenvalue weighted by molar-refractivity contribution is 6.39. The van der Waals surface area contributed by atoms with Crippen molar-refractivity contribution >= 4 is 17.5 Å². The molecule has 0 saturated carbocycles. The first-order chi connectivity index (χ1) is 14.3. The van der Waals surface area contributed by atoms with Crippen LogP contribution in [0.5, 0.6) is 0 Å². The molecular formula is C22H28F2N4O2+2. The predicted octanol–water partition coefficient (Wildman–Crippen LogP) is -0.518. The van der Waals surface area contributed by atoms with E-state index in [1.54, 1.807) is 0 Å². The van der Waals surface area contributed by atoms with Crippen molar-refractivity contribution in [2.75, 3.05) is 45.1 Å². The molecule has 0 unspecified atom stereocenters. The van der Waals surface area contributed by atoms with Crippen LogP contribution in [0.3, 0.4) is 0 Å². The number of carbonyl (C=O) groups excluding carboxylic acids is 2. The van der Waals surface area contributed by atoms with E-state index in [2.05, 4.69) is 17.7 Å². The molecule has 1 fully saturated rings. The number of anilines is 1. The smallest absolute Gasteiger partial charge is 0.313 e. The van der Waals surface area contributed by atoms with Gasteiger partial charge in [-0.2, -0.15) is 0 Å². The van der Waals surface area contributed by atoms with Crippen molar-refractivity contribution in [1.29, 1.82) is 0 Å². The summed E-state index contributed by atoms with van der Waals surface area (Å²) < 4.78 is 27.0. The summed E-state index contributed by atoms with van der Waals surface area (Å²) in [6, 6.07) is 10.8. The van der Waals surface area contributed by atoms with Gasteiger partial charge in [0.15, 0.2) is 0 Å². The molecule has 1 aliphatic heterocycles. The Morgan fingerprint density at radius 1 is 1.00 bits per heavy atom. The normalized spacial score (nSPS) is 19.7. The Hall–Kier alpha value is -2.84. The fraction of sp³-hybridized carbons (Fsp3) is 0.364. The molecule has 0 radical (unpaired) electrons. The van der Waals surface area contributed by atoms with Crippen LogP contribution in [0.2, 0.25) is 0 Å². The van der Waals surface area contributed by atoms with E-state index in [1.807, 2.05) is 31.2 Å². The quantitative estimate of drug-likeness (QED) is 0.494. The van der Waals surface area contributed by atoms with E-state index in [4.69, 9.17) is 0 Å². The fourth-order valence-electron chi connectivity index (χ4n) is 3.69. The van der Waals surface area contributed by atoms with E-state index in [0.29, 0.717) is 0 Å². The highest BCUT2D eigenvalue weighted by Crippen LogP contribution is 2.15. The molecule has 30 heavy (non-hydrogen) atoms. The van der Waals surface area contributed by atoms with Crippen molar-refractivity contribution < 1.29 is 28.2 Å². The molecule has 0 spiro atoms. The van der Waals surface area contributed by atoms with Crippen LogP contribution >= 0.6 is 0 Å². The lowest BCUT2D eigenvalue weighted by molar-refractivity contribution is -1.02. The van der Waals surface area contributed by atoms with Crippen LogP contribution in [0.1, 0.15) is 17.2 Å². The van der Waals surface area contributed by atoms with Crippen molar-refractivity contribution in [2.45, 2.75) is 13.0 Å². The largest absolute Gasteiger partial charge is 0.341 e. The minimum atomic E-state index is -1.03. The number of halogens is 2. The van der Waals surface area contributed by atoms with Gasteiger partial charge in [0.25, 0.3) is 0 Å². The van der Waals surface area contributed by atoms with Gasteiger partial charge in [0, 0.05) is 11.6 Å². The Morgan fingerprint density at radius 3 is 2.33 bits per heavy atom. The van der Waals surface area contributed by atoms with Gasteiger partial charge < -0.3 is 20.4 Å². The number of piperazine rings is 1. The number of hydrogen-bond donors (Lipinski definition) is 4. The SMILES string of the molecule is Cc1ccc([C@H](CNC(=O)C(=O)Nc2cc(F)ccc2F)[NH+]2CC[NH+](C)CC2)cc1. The number of amides is 2. The van der Waals surface area contributed by atoms with Crippen LogP contribution in [0.4, 0.5) is 14.5 Å². The maximum atomic E-state index is 13.7. The van der Waals surface area contributed by atoms with E-state index in [9.17, 15) is 18.4 Å². The van der Waals surface area contributed by atoms with Gasteiger partial charge >= 0.3 is 11.8 Å². The molecule has 0 bridgehead atoms. The highest BCUT2D eigenvalue weighted by atomic mass is 19.1. The number of hydrogen-bond acceptors (Lipinski definition) is 2. The number of quaternary nitrogens is 2. The molecule has 1 saturated heterocycles. The third-order valence-electron chi connectivity index (χ3n) is 5.57. The van der Waals surface area contributed by atoms with Crippen molar-refractivity contribution in [2.24, 2.45) is 0 Å². The highest BCUT2D eigenvalue weighted by Gasteiger charge is 2.30. The van der Waals surface area contributed by atoms with Crippen molar-refractivity contribution in [3.05, 3.63) is 65.2 Å². The summed E-state index contributed by atoms with van der Waals surface area (Å²) in [5.74, 6) is -3.42. The number of nitrogens with one attached hydrogen (secondary N) is 4. The Labute approximate surface area is 174 Å². The second kappa shape index (κ2) is 9.77. The molecule has 8 heteroatoms. The summed E-state index contributed by atoms with van der Waals surface area (Å²) in [5, 5.41) is 4.79.